The molecule has 200 valence electrons. The number of halogens is 3. The number of carbonyl (C=O) groups excluding carboxylic acids is 1. The molecule has 1 unspecified atom stereocenters. The van der Waals surface area contributed by atoms with E-state index in [2.05, 4.69) is 9.97 Å². The molecule has 0 spiro atoms. The van der Waals surface area contributed by atoms with Gasteiger partial charge >= 0.3 is 17.5 Å². The quantitative estimate of drug-likeness (QED) is 0.256. The van der Waals surface area contributed by atoms with Gasteiger partial charge in [-0.05, 0) is 57.7 Å². The number of carbonyl (C=O) groups is 1. The summed E-state index contributed by atoms with van der Waals surface area (Å²) in [6, 6.07) is 8.41. The molecule has 2 atom stereocenters. The van der Waals surface area contributed by atoms with Crippen LogP contribution in [0.25, 0.3) is 11.0 Å². The summed E-state index contributed by atoms with van der Waals surface area (Å²) in [5.74, 6) is -0.118. The van der Waals surface area contributed by atoms with Gasteiger partial charge in [-0.1, -0.05) is 18.6 Å². The molecule has 12 heteroatoms. The van der Waals surface area contributed by atoms with E-state index in [0.29, 0.717) is 22.3 Å². The predicted octanol–water partition coefficient (Wildman–Crippen LogP) is 5.99. The normalized spacial score (nSPS) is 16.4. The molecule has 0 N–H and O–H groups in total. The zero-order chi connectivity index (χ0) is 26.6. The van der Waals surface area contributed by atoms with Crippen LogP contribution >= 0.6 is 0 Å². The molecule has 0 amide bonds. The lowest BCUT2D eigenvalue weighted by Crippen LogP contribution is -2.25. The van der Waals surface area contributed by atoms with Crippen molar-refractivity contribution < 1.29 is 36.7 Å². The first kappa shape index (κ1) is 27.1. The third-order valence-electron chi connectivity index (χ3n) is 6.13. The summed E-state index contributed by atoms with van der Waals surface area (Å²) in [6.45, 7) is 1.75. The van der Waals surface area contributed by atoms with Crippen LogP contribution in [0.3, 0.4) is 0 Å². The molecule has 37 heavy (non-hydrogen) atoms. The smallest absolute Gasteiger partial charge is 0.510 e. The second-order valence-electron chi connectivity index (χ2n) is 8.87. The van der Waals surface area contributed by atoms with Crippen molar-refractivity contribution in [1.82, 2.24) is 14.5 Å². The maximum Gasteiger partial charge on any atom is 0.510 e. The molecule has 1 fully saturated rings. The number of alkyl halides is 3. The van der Waals surface area contributed by atoms with Gasteiger partial charge in [0, 0.05) is 22.9 Å². The number of rotatable bonds is 8. The number of ether oxygens (including phenoxy) is 3. The summed E-state index contributed by atoms with van der Waals surface area (Å²) in [5.41, 5.74) is 1.81. The number of nitrogens with zero attached hydrogens (tertiary/aromatic N) is 3. The molecule has 0 aliphatic heterocycles. The molecular weight excluding hydrogens is 511 g/mol. The SMILES string of the molecule is Cc1c(OCC(F)(F)F)ccnc1C[S@@+]([O-])c1nc2ccccc2n1C(C)OC(=O)OC1CCCCC1. The number of pyridine rings is 1. The largest absolute Gasteiger partial charge is 0.609 e. The number of benzene rings is 1. The molecule has 3 aromatic rings. The van der Waals surface area contributed by atoms with E-state index in [9.17, 15) is 22.5 Å². The second kappa shape index (κ2) is 11.6. The fraction of sp³-hybridized carbons (Fsp3) is 0.480. The number of fused-ring (bicyclic) bond motifs is 1. The summed E-state index contributed by atoms with van der Waals surface area (Å²) in [7, 11) is 0. The molecule has 8 nitrogen and oxygen atoms in total. The van der Waals surface area contributed by atoms with Crippen LogP contribution in [-0.4, -0.2) is 44.1 Å². The van der Waals surface area contributed by atoms with E-state index in [4.69, 9.17) is 14.2 Å². The van der Waals surface area contributed by atoms with Crippen molar-refractivity contribution in [1.29, 1.82) is 0 Å². The maximum absolute atomic E-state index is 13.5. The molecule has 2 aromatic heterocycles. The fourth-order valence-electron chi connectivity index (χ4n) is 4.28. The Labute approximate surface area is 215 Å². The molecule has 0 bridgehead atoms. The highest BCUT2D eigenvalue weighted by atomic mass is 32.2. The highest BCUT2D eigenvalue weighted by Crippen LogP contribution is 2.30. The minimum absolute atomic E-state index is 0.00925. The van der Waals surface area contributed by atoms with Crippen molar-refractivity contribution in [2.24, 2.45) is 0 Å². The molecule has 4 rings (SSSR count). The Hall–Kier alpha value is -2.99. The molecule has 1 aromatic carbocycles. The van der Waals surface area contributed by atoms with Crippen LogP contribution in [0.2, 0.25) is 0 Å². The van der Waals surface area contributed by atoms with Crippen LogP contribution in [0.5, 0.6) is 5.75 Å². The van der Waals surface area contributed by atoms with Crippen molar-refractivity contribution in [3.63, 3.8) is 0 Å². The van der Waals surface area contributed by atoms with Crippen LogP contribution in [0.15, 0.2) is 41.7 Å². The van der Waals surface area contributed by atoms with E-state index in [1.165, 1.54) is 12.3 Å². The zero-order valence-electron chi connectivity index (χ0n) is 20.5. The lowest BCUT2D eigenvalue weighted by Gasteiger charge is -2.23. The van der Waals surface area contributed by atoms with Gasteiger partial charge < -0.3 is 18.8 Å². The van der Waals surface area contributed by atoms with Crippen LogP contribution in [0.4, 0.5) is 18.0 Å². The lowest BCUT2D eigenvalue weighted by molar-refractivity contribution is -0.153. The Balaban J connectivity index is 1.55. The van der Waals surface area contributed by atoms with Crippen LogP contribution in [0, 0.1) is 6.92 Å². The second-order valence-corrected chi connectivity index (χ2v) is 10.2. The third-order valence-corrected chi connectivity index (χ3v) is 7.36. The summed E-state index contributed by atoms with van der Waals surface area (Å²) in [5, 5.41) is 0.141. The van der Waals surface area contributed by atoms with Gasteiger partial charge in [0.15, 0.2) is 18.6 Å². The van der Waals surface area contributed by atoms with Gasteiger partial charge in [-0.3, -0.25) is 4.98 Å². The number of aromatic nitrogens is 3. The minimum atomic E-state index is -4.49. The maximum atomic E-state index is 13.5. The van der Waals surface area contributed by atoms with Crippen molar-refractivity contribution in [3.05, 3.63) is 47.8 Å². The van der Waals surface area contributed by atoms with E-state index in [-0.39, 0.29) is 22.8 Å². The van der Waals surface area contributed by atoms with Gasteiger partial charge in [0.25, 0.3) is 0 Å². The van der Waals surface area contributed by atoms with Crippen molar-refractivity contribution in [2.75, 3.05) is 6.61 Å². The molecule has 1 aliphatic rings. The molecular formula is C25H28F3N3O5S. The number of para-hydroxylation sites is 2. The molecule has 1 aliphatic carbocycles. The topological polar surface area (TPSA) is 98.5 Å². The van der Waals surface area contributed by atoms with E-state index < -0.39 is 36.3 Å². The van der Waals surface area contributed by atoms with Gasteiger partial charge in [0.05, 0.1) is 16.7 Å². The first-order chi connectivity index (χ1) is 17.6. The Bertz CT molecular complexity index is 1230. The lowest BCUT2D eigenvalue weighted by atomic mass is 9.98. The number of hydrogen-bond acceptors (Lipinski definition) is 7. The first-order valence-electron chi connectivity index (χ1n) is 12.0. The highest BCUT2D eigenvalue weighted by molar-refractivity contribution is 7.90. The van der Waals surface area contributed by atoms with Crippen LogP contribution < -0.4 is 4.74 Å². The minimum Gasteiger partial charge on any atom is -0.609 e. The van der Waals surface area contributed by atoms with E-state index >= 15 is 0 Å². The van der Waals surface area contributed by atoms with Crippen molar-refractivity contribution in [2.45, 2.75) is 75.4 Å². The first-order valence-corrected chi connectivity index (χ1v) is 13.3. The standard InChI is InChI=1S/C25H28F3N3O5S/c1-16-20(29-13-12-22(16)34-15-25(26,27)28)14-37(33)23-30-19-10-6-7-11-21(19)31(23)17(2)35-24(32)36-18-8-4-3-5-9-18/h6-7,10-13,17-18H,3-5,8-9,14-15H2,1-2H3/t17?,37-/m1/s1. The average Bonchev–Trinajstić information content (AvgIpc) is 3.24. The zero-order valence-corrected chi connectivity index (χ0v) is 21.3. The van der Waals surface area contributed by atoms with Crippen molar-refractivity contribution in [3.8, 4) is 5.75 Å². The molecule has 0 radical (unpaired) electrons. The number of hydrogen-bond donors (Lipinski definition) is 0. The Morgan fingerprint density at radius 3 is 2.68 bits per heavy atom. The fourth-order valence-corrected chi connectivity index (χ4v) is 5.62. The van der Waals surface area contributed by atoms with E-state index in [1.807, 2.05) is 0 Å². The van der Waals surface area contributed by atoms with E-state index in [0.717, 1.165) is 32.1 Å². The number of imidazole rings is 1. The Morgan fingerprint density at radius 2 is 1.95 bits per heavy atom. The average molecular weight is 540 g/mol. The summed E-state index contributed by atoms with van der Waals surface area (Å²) < 4.78 is 68.8. The summed E-state index contributed by atoms with van der Waals surface area (Å²) in [6.07, 6.45) is -0.333. The Kier molecular flexibility index (Phi) is 8.48. The predicted molar refractivity (Wildman–Crippen MR) is 130 cm³/mol. The summed E-state index contributed by atoms with van der Waals surface area (Å²) in [4.78, 5) is 21.2. The van der Waals surface area contributed by atoms with Gasteiger partial charge in [-0.15, -0.1) is 0 Å². The van der Waals surface area contributed by atoms with Gasteiger partial charge in [0.2, 0.25) is 0 Å². The molecule has 1 saturated carbocycles. The monoisotopic (exact) mass is 539 g/mol. The van der Waals surface area contributed by atoms with E-state index in [1.54, 1.807) is 42.7 Å². The van der Waals surface area contributed by atoms with Gasteiger partial charge in [0.1, 0.15) is 11.9 Å². The van der Waals surface area contributed by atoms with Gasteiger partial charge in [-0.25, -0.2) is 9.36 Å². The highest BCUT2D eigenvalue weighted by Gasteiger charge is 2.31. The van der Waals surface area contributed by atoms with Gasteiger partial charge in [-0.2, -0.15) is 18.2 Å². The van der Waals surface area contributed by atoms with Crippen molar-refractivity contribution >= 4 is 28.4 Å². The third kappa shape index (κ3) is 6.86. The van der Waals surface area contributed by atoms with Crippen LogP contribution in [-0.2, 0) is 26.4 Å². The Morgan fingerprint density at radius 1 is 1.22 bits per heavy atom. The summed E-state index contributed by atoms with van der Waals surface area (Å²) >= 11 is -1.78. The van der Waals surface area contributed by atoms with Crippen LogP contribution in [0.1, 0.15) is 56.5 Å². The molecule has 0 saturated heterocycles. The molecule has 2 heterocycles.